The number of carbonyl (C=O) groups excluding carboxylic acids is 2. The quantitative estimate of drug-likeness (QED) is 0.157. The van der Waals surface area contributed by atoms with Crippen molar-refractivity contribution >= 4 is 25.7 Å². The molecule has 0 saturated carbocycles. The molecule has 0 aromatic carbocycles. The van der Waals surface area contributed by atoms with Crippen LogP contribution >= 0.6 is 7.82 Å². The Morgan fingerprint density at radius 2 is 1.43 bits per heavy atom. The molecular weight excluding hydrogens is 421 g/mol. The summed E-state index contributed by atoms with van der Waals surface area (Å²) in [5.74, 6) is -2.45. The highest BCUT2D eigenvalue weighted by molar-refractivity contribution is 7.47. The largest absolute Gasteiger partial charge is 0.480 e. The number of esters is 2. The van der Waals surface area contributed by atoms with E-state index < -0.39 is 51.1 Å². The maximum absolute atomic E-state index is 11.9. The van der Waals surface area contributed by atoms with Gasteiger partial charge in [-0.25, -0.2) is 4.57 Å². The first-order valence-corrected chi connectivity index (χ1v) is 11.6. The molecule has 0 saturated heterocycles. The summed E-state index contributed by atoms with van der Waals surface area (Å²) in [6.45, 7) is 2.29. The SMILES string of the molecule is CCCCCC(=O)OC[C@H](COP(=O)(O)OC[C@@H](N)C(=O)O)OC(=O)CCCCC. The Bertz CT molecular complexity index is 571. The molecule has 11 nitrogen and oxygen atoms in total. The molecule has 4 N–H and O–H groups in total. The number of carboxylic acids is 1. The monoisotopic (exact) mass is 455 g/mol. The molecule has 176 valence electrons. The first kappa shape index (κ1) is 28.5. The van der Waals surface area contributed by atoms with Crippen molar-refractivity contribution < 1.29 is 47.5 Å². The first-order valence-electron chi connectivity index (χ1n) is 10.1. The fourth-order valence-electron chi connectivity index (χ4n) is 2.12. The second-order valence-electron chi connectivity index (χ2n) is 6.71. The van der Waals surface area contributed by atoms with Gasteiger partial charge in [-0.2, -0.15) is 0 Å². The molecule has 12 heteroatoms. The minimum Gasteiger partial charge on any atom is -0.480 e. The third-order valence-electron chi connectivity index (χ3n) is 3.86. The average Bonchev–Trinajstić information content (AvgIpc) is 2.68. The number of unbranched alkanes of at least 4 members (excludes halogenated alkanes) is 4. The van der Waals surface area contributed by atoms with Crippen molar-refractivity contribution in [3.05, 3.63) is 0 Å². The number of phosphoric ester groups is 1. The summed E-state index contributed by atoms with van der Waals surface area (Å²) in [5.41, 5.74) is 5.20. The summed E-state index contributed by atoms with van der Waals surface area (Å²) < 4.78 is 31.4. The minimum atomic E-state index is -4.65. The Balaban J connectivity index is 4.68. The molecule has 0 rings (SSSR count). The fourth-order valence-corrected chi connectivity index (χ4v) is 2.90. The summed E-state index contributed by atoms with van der Waals surface area (Å²) in [5, 5.41) is 8.66. The molecule has 0 heterocycles. The van der Waals surface area contributed by atoms with Crippen molar-refractivity contribution in [3.63, 3.8) is 0 Å². The normalized spacial score (nSPS) is 15.1. The topological polar surface area (TPSA) is 172 Å². The van der Waals surface area contributed by atoms with Crippen molar-refractivity contribution in [2.45, 2.75) is 77.4 Å². The van der Waals surface area contributed by atoms with Crippen LogP contribution in [0.15, 0.2) is 0 Å². The summed E-state index contributed by atoms with van der Waals surface area (Å²) >= 11 is 0. The number of hydrogen-bond acceptors (Lipinski definition) is 9. The third-order valence-corrected chi connectivity index (χ3v) is 4.81. The van der Waals surface area contributed by atoms with Crippen LogP contribution in [-0.2, 0) is 37.5 Å². The number of nitrogens with two attached hydrogens (primary N) is 1. The van der Waals surface area contributed by atoms with Gasteiger partial charge < -0.3 is 25.2 Å². The highest BCUT2D eigenvalue weighted by Gasteiger charge is 2.28. The van der Waals surface area contributed by atoms with E-state index in [1.54, 1.807) is 0 Å². The molecule has 0 fully saturated rings. The summed E-state index contributed by atoms with van der Waals surface area (Å²) in [4.78, 5) is 44.0. The van der Waals surface area contributed by atoms with Gasteiger partial charge in [-0.1, -0.05) is 39.5 Å². The maximum Gasteiger partial charge on any atom is 0.472 e. The Labute approximate surface area is 176 Å². The van der Waals surface area contributed by atoms with E-state index in [0.717, 1.165) is 25.7 Å². The fraction of sp³-hybridized carbons (Fsp3) is 0.833. The number of aliphatic carboxylic acids is 1. The summed E-state index contributed by atoms with van der Waals surface area (Å²) in [6, 6.07) is -1.51. The number of carboxylic acid groups (broad SMARTS) is 1. The van der Waals surface area contributed by atoms with Gasteiger partial charge in [0.2, 0.25) is 0 Å². The maximum atomic E-state index is 11.9. The lowest BCUT2D eigenvalue weighted by atomic mass is 10.2. The molecule has 0 aromatic rings. The lowest BCUT2D eigenvalue weighted by Crippen LogP contribution is -2.34. The third kappa shape index (κ3) is 15.3. The van der Waals surface area contributed by atoms with Crippen molar-refractivity contribution in [1.29, 1.82) is 0 Å². The van der Waals surface area contributed by atoms with Gasteiger partial charge in [0.05, 0.1) is 13.2 Å². The molecule has 0 aromatic heterocycles. The first-order chi connectivity index (χ1) is 14.1. The van der Waals surface area contributed by atoms with Crippen molar-refractivity contribution in [2.24, 2.45) is 5.73 Å². The summed E-state index contributed by atoms with van der Waals surface area (Å²) in [6.07, 6.45) is 4.09. The predicted octanol–water partition coefficient (Wildman–Crippen LogP) is 2.15. The van der Waals surface area contributed by atoms with Crippen LogP contribution in [-0.4, -0.2) is 59.9 Å². The number of phosphoric acid groups is 1. The predicted molar refractivity (Wildman–Crippen MR) is 106 cm³/mol. The number of hydrogen-bond donors (Lipinski definition) is 3. The van der Waals surface area contributed by atoms with Crippen molar-refractivity contribution in [2.75, 3.05) is 19.8 Å². The Kier molecular flexibility index (Phi) is 15.4. The molecule has 1 unspecified atom stereocenters. The van der Waals surface area contributed by atoms with Gasteiger partial charge >= 0.3 is 25.7 Å². The highest BCUT2D eigenvalue weighted by atomic mass is 31.2. The highest BCUT2D eigenvalue weighted by Crippen LogP contribution is 2.43. The van der Waals surface area contributed by atoms with Crippen LogP contribution in [0.3, 0.4) is 0 Å². The van der Waals surface area contributed by atoms with Crippen LogP contribution in [0.2, 0.25) is 0 Å². The molecule has 3 atom stereocenters. The van der Waals surface area contributed by atoms with Gasteiger partial charge in [0.25, 0.3) is 0 Å². The van der Waals surface area contributed by atoms with E-state index in [2.05, 4.69) is 4.52 Å². The van der Waals surface area contributed by atoms with Gasteiger partial charge in [-0.3, -0.25) is 23.4 Å². The van der Waals surface area contributed by atoms with Gasteiger partial charge in [0.1, 0.15) is 12.6 Å². The molecular formula is C18H34NO10P. The van der Waals surface area contributed by atoms with Gasteiger partial charge in [-0.15, -0.1) is 0 Å². The van der Waals surface area contributed by atoms with E-state index in [0.29, 0.717) is 12.8 Å². The molecule has 0 radical (unpaired) electrons. The molecule has 0 bridgehead atoms. The molecule has 0 aliphatic heterocycles. The van der Waals surface area contributed by atoms with E-state index in [9.17, 15) is 23.8 Å². The Morgan fingerprint density at radius 3 is 1.97 bits per heavy atom. The summed E-state index contributed by atoms with van der Waals surface area (Å²) in [7, 11) is -4.65. The van der Waals surface area contributed by atoms with Crippen LogP contribution in [0.25, 0.3) is 0 Å². The number of carbonyl (C=O) groups is 3. The van der Waals surface area contributed by atoms with Crippen LogP contribution in [0.4, 0.5) is 0 Å². The van der Waals surface area contributed by atoms with Crippen LogP contribution < -0.4 is 5.73 Å². The van der Waals surface area contributed by atoms with E-state index in [1.807, 2.05) is 13.8 Å². The number of rotatable bonds is 18. The van der Waals surface area contributed by atoms with Crippen LogP contribution in [0.5, 0.6) is 0 Å². The van der Waals surface area contributed by atoms with Crippen LogP contribution in [0.1, 0.15) is 65.2 Å². The van der Waals surface area contributed by atoms with Gasteiger partial charge in [-0.05, 0) is 12.8 Å². The minimum absolute atomic E-state index is 0.148. The Morgan fingerprint density at radius 1 is 0.900 bits per heavy atom. The average molecular weight is 455 g/mol. The lowest BCUT2D eigenvalue weighted by molar-refractivity contribution is -0.161. The zero-order valence-electron chi connectivity index (χ0n) is 17.6. The zero-order chi connectivity index (χ0) is 23.0. The smallest absolute Gasteiger partial charge is 0.472 e. The Hall–Kier alpha value is -1.52. The van der Waals surface area contributed by atoms with E-state index in [1.165, 1.54) is 0 Å². The molecule has 0 spiro atoms. The number of ether oxygens (including phenoxy) is 2. The second kappa shape index (κ2) is 16.2. The zero-order valence-corrected chi connectivity index (χ0v) is 18.5. The standard InChI is InChI=1S/C18H34NO10P/c1-3-5-7-9-16(20)26-11-14(29-17(21)10-8-6-4-2)12-27-30(24,25)28-13-15(19)18(22)23/h14-15H,3-13,19H2,1-2H3,(H,22,23)(H,24,25)/t14-,15-/m1/s1. The lowest BCUT2D eigenvalue weighted by Gasteiger charge is -2.20. The van der Waals surface area contributed by atoms with E-state index >= 15 is 0 Å². The second-order valence-corrected chi connectivity index (χ2v) is 8.17. The van der Waals surface area contributed by atoms with Gasteiger partial charge in [0, 0.05) is 12.8 Å². The molecule has 0 aliphatic carbocycles. The molecule has 0 amide bonds. The van der Waals surface area contributed by atoms with Crippen LogP contribution in [0, 0.1) is 0 Å². The van der Waals surface area contributed by atoms with E-state index in [-0.39, 0.29) is 19.4 Å². The molecule has 30 heavy (non-hydrogen) atoms. The van der Waals surface area contributed by atoms with Gasteiger partial charge in [0.15, 0.2) is 6.10 Å². The van der Waals surface area contributed by atoms with Crippen molar-refractivity contribution in [3.8, 4) is 0 Å². The van der Waals surface area contributed by atoms with Crippen molar-refractivity contribution in [1.82, 2.24) is 0 Å². The molecule has 0 aliphatic rings. The van der Waals surface area contributed by atoms with E-state index in [4.69, 9.17) is 24.8 Å².